The van der Waals surface area contributed by atoms with Crippen molar-refractivity contribution in [2.45, 2.75) is 0 Å². The van der Waals surface area contributed by atoms with Crippen LogP contribution in [0, 0.1) is 0 Å². The number of halogens is 4. The Balaban J connectivity index is -0.00000000750. The minimum Gasteiger partial charge on any atom is -0.394 e. The van der Waals surface area contributed by atoms with Crippen LogP contribution in [0.3, 0.4) is 0 Å². The zero-order chi connectivity index (χ0) is 3.41. The second-order valence-electron chi connectivity index (χ2n) is 0.447. The monoisotopic (exact) mass is 206 g/mol. The predicted molar refractivity (Wildman–Crippen MR) is 43.2 cm³/mol. The molecule has 0 heterocycles. The molecule has 2 nitrogen and oxygen atoms in total. The SMILES string of the molecule is Cl.Cl.Cl.Cl.OCCO. The molecule has 0 aromatic rings. The van der Waals surface area contributed by atoms with Gasteiger partial charge in [0.05, 0.1) is 13.2 Å². The van der Waals surface area contributed by atoms with Crippen LogP contribution in [0.1, 0.15) is 0 Å². The van der Waals surface area contributed by atoms with Gasteiger partial charge in [0.25, 0.3) is 0 Å². The van der Waals surface area contributed by atoms with Crippen molar-refractivity contribution in [2.24, 2.45) is 0 Å². The van der Waals surface area contributed by atoms with Crippen molar-refractivity contribution in [3.8, 4) is 0 Å². The van der Waals surface area contributed by atoms with Gasteiger partial charge < -0.3 is 10.2 Å². The molecule has 0 atom stereocenters. The molecular formula is C2H10Cl4O2. The number of hydrogen-bond donors (Lipinski definition) is 2. The third-order valence-electron chi connectivity index (χ3n) is 0.1000. The van der Waals surface area contributed by atoms with Gasteiger partial charge in [0.1, 0.15) is 0 Å². The molecule has 0 aliphatic carbocycles. The Morgan fingerprint density at radius 1 is 0.625 bits per heavy atom. The van der Waals surface area contributed by atoms with E-state index in [0.29, 0.717) is 0 Å². The first-order valence-corrected chi connectivity index (χ1v) is 1.13. The minimum absolute atomic E-state index is 0. The Hall–Kier alpha value is 1.08. The Morgan fingerprint density at radius 2 is 0.750 bits per heavy atom. The lowest BCUT2D eigenvalue weighted by Crippen LogP contribution is -1.85. The van der Waals surface area contributed by atoms with E-state index in [2.05, 4.69) is 0 Å². The topological polar surface area (TPSA) is 40.5 Å². The van der Waals surface area contributed by atoms with Gasteiger partial charge in [-0.05, 0) is 0 Å². The van der Waals surface area contributed by atoms with E-state index in [0.717, 1.165) is 0 Å². The molecule has 2 N–H and O–H groups in total. The Kier molecular flexibility index (Phi) is 190. The second-order valence-corrected chi connectivity index (χ2v) is 0.447. The Labute approximate surface area is 73.3 Å². The lowest BCUT2D eigenvalue weighted by molar-refractivity contribution is 0.186. The molecule has 58 valence electrons. The summed E-state index contributed by atoms with van der Waals surface area (Å²) in [6.45, 7) is -0.250. The third kappa shape index (κ3) is 60.5. The molecule has 8 heavy (non-hydrogen) atoms. The molecule has 0 aromatic heterocycles. The quantitative estimate of drug-likeness (QED) is 0.664. The molecule has 0 aliphatic rings. The second kappa shape index (κ2) is 42.7. The number of rotatable bonds is 1. The van der Waals surface area contributed by atoms with E-state index in [-0.39, 0.29) is 62.8 Å². The van der Waals surface area contributed by atoms with Crippen molar-refractivity contribution in [1.29, 1.82) is 0 Å². The van der Waals surface area contributed by atoms with Crippen molar-refractivity contribution in [1.82, 2.24) is 0 Å². The van der Waals surface area contributed by atoms with Crippen LogP contribution in [0.4, 0.5) is 0 Å². The van der Waals surface area contributed by atoms with Crippen LogP contribution in [0.2, 0.25) is 0 Å². The molecule has 0 saturated carbocycles. The third-order valence-corrected chi connectivity index (χ3v) is 0.1000. The van der Waals surface area contributed by atoms with E-state index in [1.165, 1.54) is 0 Å². The molecule has 0 aromatic carbocycles. The normalized spacial score (nSPS) is 3.75. The van der Waals surface area contributed by atoms with Gasteiger partial charge in [0.15, 0.2) is 0 Å². The smallest absolute Gasteiger partial charge is 0.0662 e. The summed E-state index contributed by atoms with van der Waals surface area (Å²) in [4.78, 5) is 0. The highest BCUT2D eigenvalue weighted by atomic mass is 35.5. The van der Waals surface area contributed by atoms with Crippen LogP contribution in [0.15, 0.2) is 0 Å². The summed E-state index contributed by atoms with van der Waals surface area (Å²) >= 11 is 0. The lowest BCUT2D eigenvalue weighted by atomic mass is 10.8. The van der Waals surface area contributed by atoms with E-state index >= 15 is 0 Å². The fraction of sp³-hybridized carbons (Fsp3) is 1.00. The molecule has 0 saturated heterocycles. The first-order valence-electron chi connectivity index (χ1n) is 1.13. The van der Waals surface area contributed by atoms with Crippen LogP contribution in [-0.2, 0) is 0 Å². The van der Waals surface area contributed by atoms with E-state index in [4.69, 9.17) is 10.2 Å². The first kappa shape index (κ1) is 35.6. The van der Waals surface area contributed by atoms with E-state index in [9.17, 15) is 0 Å². The molecule has 0 bridgehead atoms. The van der Waals surface area contributed by atoms with Gasteiger partial charge in [-0.2, -0.15) is 0 Å². The summed E-state index contributed by atoms with van der Waals surface area (Å²) in [6.07, 6.45) is 0. The highest BCUT2D eigenvalue weighted by Gasteiger charge is 1.58. The molecule has 6 heteroatoms. The Morgan fingerprint density at radius 3 is 0.750 bits per heavy atom. The summed E-state index contributed by atoms with van der Waals surface area (Å²) < 4.78 is 0. The van der Waals surface area contributed by atoms with Gasteiger partial charge in [-0.3, -0.25) is 0 Å². The van der Waals surface area contributed by atoms with Crippen LogP contribution >= 0.6 is 49.6 Å². The van der Waals surface area contributed by atoms with Gasteiger partial charge in [-0.25, -0.2) is 0 Å². The average molecular weight is 208 g/mol. The molecule has 0 amide bonds. The maximum Gasteiger partial charge on any atom is 0.0662 e. The van der Waals surface area contributed by atoms with Crippen LogP contribution in [0.25, 0.3) is 0 Å². The zero-order valence-electron chi connectivity index (χ0n) is 3.94. The van der Waals surface area contributed by atoms with E-state index in [1.54, 1.807) is 0 Å². The maximum absolute atomic E-state index is 7.62. The average Bonchev–Trinajstić information content (AvgIpc) is 1.37. The first-order chi connectivity index (χ1) is 1.91. The van der Waals surface area contributed by atoms with Gasteiger partial charge in [-0.15, -0.1) is 49.6 Å². The summed E-state index contributed by atoms with van der Waals surface area (Å²) in [6, 6.07) is 0. The fourth-order valence-electron chi connectivity index (χ4n) is 0. The fourth-order valence-corrected chi connectivity index (χ4v) is 0. The largest absolute Gasteiger partial charge is 0.394 e. The molecule has 0 aliphatic heterocycles. The predicted octanol–water partition coefficient (Wildman–Crippen LogP) is 0.658. The van der Waals surface area contributed by atoms with Gasteiger partial charge in [0, 0.05) is 0 Å². The van der Waals surface area contributed by atoms with E-state index in [1.807, 2.05) is 0 Å². The molecule has 0 rings (SSSR count). The zero-order valence-corrected chi connectivity index (χ0v) is 7.21. The minimum atomic E-state index is -0.125. The van der Waals surface area contributed by atoms with Gasteiger partial charge >= 0.3 is 0 Å². The summed E-state index contributed by atoms with van der Waals surface area (Å²) in [5.74, 6) is 0. The number of hydrogen-bond acceptors (Lipinski definition) is 2. The maximum atomic E-state index is 7.62. The van der Waals surface area contributed by atoms with Crippen molar-refractivity contribution in [3.63, 3.8) is 0 Å². The Bertz CT molecular complexity index is 14.0. The highest BCUT2D eigenvalue weighted by molar-refractivity contribution is 5.86. The van der Waals surface area contributed by atoms with Gasteiger partial charge in [-0.1, -0.05) is 0 Å². The summed E-state index contributed by atoms with van der Waals surface area (Å²) in [5, 5.41) is 15.2. The number of aliphatic hydroxyl groups is 2. The van der Waals surface area contributed by atoms with Crippen LogP contribution < -0.4 is 0 Å². The molecule has 0 fully saturated rings. The van der Waals surface area contributed by atoms with E-state index < -0.39 is 0 Å². The molecular weight excluding hydrogens is 198 g/mol. The van der Waals surface area contributed by atoms with Crippen LogP contribution in [0.5, 0.6) is 0 Å². The number of aliphatic hydroxyl groups excluding tert-OH is 2. The molecule has 0 radical (unpaired) electrons. The van der Waals surface area contributed by atoms with Gasteiger partial charge in [0.2, 0.25) is 0 Å². The van der Waals surface area contributed by atoms with Crippen molar-refractivity contribution >= 4 is 49.6 Å². The molecule has 0 spiro atoms. The molecule has 0 unspecified atom stereocenters. The standard InChI is InChI=1S/C2H6O2.4ClH/c3-1-2-4;;;;/h3-4H,1-2H2;4*1H. The van der Waals surface area contributed by atoms with Crippen molar-refractivity contribution < 1.29 is 10.2 Å². The lowest BCUT2D eigenvalue weighted by Gasteiger charge is -1.70. The summed E-state index contributed by atoms with van der Waals surface area (Å²) in [7, 11) is 0. The highest BCUT2D eigenvalue weighted by Crippen LogP contribution is 1.39. The van der Waals surface area contributed by atoms with Crippen molar-refractivity contribution in [2.75, 3.05) is 13.2 Å². The van der Waals surface area contributed by atoms with Crippen LogP contribution in [-0.4, -0.2) is 23.4 Å². The van der Waals surface area contributed by atoms with Crippen molar-refractivity contribution in [3.05, 3.63) is 0 Å². The summed E-state index contributed by atoms with van der Waals surface area (Å²) in [5.41, 5.74) is 0.